The topological polar surface area (TPSA) is 117 Å². The molecule has 0 atom stereocenters. The van der Waals surface area contributed by atoms with E-state index < -0.39 is 10.0 Å². The van der Waals surface area contributed by atoms with Gasteiger partial charge >= 0.3 is 6.03 Å². The number of benzene rings is 1. The van der Waals surface area contributed by atoms with Gasteiger partial charge in [-0.25, -0.2) is 13.2 Å². The van der Waals surface area contributed by atoms with E-state index in [1.165, 1.54) is 10.7 Å². The molecular weight excluding hydrogens is 432 g/mol. The van der Waals surface area contributed by atoms with Gasteiger partial charge in [0, 0.05) is 38.6 Å². The first-order chi connectivity index (χ1) is 15.4. The summed E-state index contributed by atoms with van der Waals surface area (Å²) < 4.78 is 31.9. The lowest BCUT2D eigenvalue weighted by atomic mass is 9.96. The van der Waals surface area contributed by atoms with Crippen LogP contribution in [0.25, 0.3) is 0 Å². The maximum Gasteiger partial charge on any atom is 0.315 e. The molecule has 0 radical (unpaired) electrons. The lowest BCUT2D eigenvalue weighted by molar-refractivity contribution is -0.121. The van der Waals surface area contributed by atoms with E-state index >= 15 is 0 Å². The van der Waals surface area contributed by atoms with Crippen molar-refractivity contribution in [3.8, 4) is 0 Å². The summed E-state index contributed by atoms with van der Waals surface area (Å²) in [5.74, 6) is -0.107. The monoisotopic (exact) mass is 466 g/mol. The molecule has 178 valence electrons. The maximum absolute atomic E-state index is 12.6. The Morgan fingerprint density at radius 2 is 1.69 bits per heavy atom. The zero-order valence-corrected chi connectivity index (χ0v) is 19.3. The molecule has 1 saturated carbocycles. The van der Waals surface area contributed by atoms with Gasteiger partial charge in [-0.2, -0.15) is 4.31 Å². The highest BCUT2D eigenvalue weighted by molar-refractivity contribution is 7.89. The average molecular weight is 467 g/mol. The molecule has 10 heteroatoms. The Balaban J connectivity index is 1.32. The van der Waals surface area contributed by atoms with Crippen LogP contribution in [0.3, 0.4) is 0 Å². The van der Waals surface area contributed by atoms with Crippen LogP contribution in [0.15, 0.2) is 29.2 Å². The molecule has 0 spiro atoms. The second-order valence-electron chi connectivity index (χ2n) is 8.28. The molecule has 1 aromatic rings. The van der Waals surface area contributed by atoms with Crippen LogP contribution in [-0.2, 0) is 26.1 Å². The molecule has 0 bridgehead atoms. The fraction of sp³-hybridized carbons (Fsp3) is 0.636. The summed E-state index contributed by atoms with van der Waals surface area (Å²) in [4.78, 5) is 24.2. The van der Waals surface area contributed by atoms with Gasteiger partial charge in [0.25, 0.3) is 0 Å². The summed E-state index contributed by atoms with van der Waals surface area (Å²) >= 11 is 0. The third-order valence-corrected chi connectivity index (χ3v) is 7.74. The number of carbonyl (C=O) groups excluding carboxylic acids is 2. The largest absolute Gasteiger partial charge is 0.379 e. The van der Waals surface area contributed by atoms with Crippen LogP contribution in [0.1, 0.15) is 50.5 Å². The fourth-order valence-electron chi connectivity index (χ4n) is 3.94. The molecule has 1 aromatic carbocycles. The quantitative estimate of drug-likeness (QED) is 0.479. The Labute approximate surface area is 190 Å². The normalized spacial score (nSPS) is 18.1. The third-order valence-electron chi connectivity index (χ3n) is 5.83. The van der Waals surface area contributed by atoms with Crippen molar-refractivity contribution in [3.63, 3.8) is 0 Å². The number of urea groups is 1. The molecule has 1 aliphatic heterocycles. The number of nitrogens with one attached hydrogen (secondary N) is 3. The van der Waals surface area contributed by atoms with Crippen LogP contribution >= 0.6 is 0 Å². The highest BCUT2D eigenvalue weighted by Crippen LogP contribution is 2.18. The van der Waals surface area contributed by atoms with Crippen molar-refractivity contribution in [2.24, 2.45) is 0 Å². The Hall–Kier alpha value is -2.17. The molecule has 9 nitrogen and oxygen atoms in total. The van der Waals surface area contributed by atoms with Crippen molar-refractivity contribution in [1.29, 1.82) is 0 Å². The maximum atomic E-state index is 12.6. The molecule has 3 N–H and O–H groups in total. The molecule has 2 fully saturated rings. The van der Waals surface area contributed by atoms with E-state index in [2.05, 4.69) is 16.0 Å². The van der Waals surface area contributed by atoms with E-state index in [0.29, 0.717) is 52.2 Å². The summed E-state index contributed by atoms with van der Waals surface area (Å²) in [6, 6.07) is 6.67. The van der Waals surface area contributed by atoms with Gasteiger partial charge in [-0.15, -0.1) is 0 Å². The van der Waals surface area contributed by atoms with Crippen LogP contribution in [0.2, 0.25) is 0 Å². The summed E-state index contributed by atoms with van der Waals surface area (Å²) in [7, 11) is -3.52. The molecule has 32 heavy (non-hydrogen) atoms. The fourth-order valence-corrected chi connectivity index (χ4v) is 5.35. The summed E-state index contributed by atoms with van der Waals surface area (Å²) in [5.41, 5.74) is 0.823. The van der Waals surface area contributed by atoms with E-state index in [1.54, 1.807) is 24.3 Å². The minimum atomic E-state index is -3.52. The van der Waals surface area contributed by atoms with Gasteiger partial charge in [0.05, 0.1) is 18.1 Å². The predicted octanol–water partition coefficient (Wildman–Crippen LogP) is 1.74. The number of hydrogen-bond donors (Lipinski definition) is 3. The number of ether oxygens (including phenoxy) is 1. The van der Waals surface area contributed by atoms with Gasteiger partial charge in [-0.3, -0.25) is 4.79 Å². The van der Waals surface area contributed by atoms with Crippen molar-refractivity contribution < 1.29 is 22.7 Å². The molecule has 0 aromatic heterocycles. The van der Waals surface area contributed by atoms with E-state index in [-0.39, 0.29) is 22.9 Å². The zero-order chi connectivity index (χ0) is 22.8. The Kier molecular flexibility index (Phi) is 9.31. The molecule has 3 rings (SSSR count). The third kappa shape index (κ3) is 7.46. The van der Waals surface area contributed by atoms with Crippen molar-refractivity contribution >= 4 is 22.0 Å². The molecule has 1 aliphatic carbocycles. The average Bonchev–Trinajstić information content (AvgIpc) is 2.82. The number of carbonyl (C=O) groups is 2. The minimum absolute atomic E-state index is 0.107. The minimum Gasteiger partial charge on any atom is -0.379 e. The van der Waals surface area contributed by atoms with Gasteiger partial charge in [0.15, 0.2) is 0 Å². The second kappa shape index (κ2) is 12.2. The molecule has 0 unspecified atom stereocenters. The molecule has 2 aliphatic rings. The summed E-state index contributed by atoms with van der Waals surface area (Å²) in [6.07, 6.45) is 6.52. The van der Waals surface area contributed by atoms with Gasteiger partial charge in [-0.05, 0) is 37.0 Å². The second-order valence-corrected chi connectivity index (χ2v) is 10.2. The van der Waals surface area contributed by atoms with Crippen LogP contribution < -0.4 is 16.0 Å². The van der Waals surface area contributed by atoms with Crippen LogP contribution in [0, 0.1) is 0 Å². The van der Waals surface area contributed by atoms with E-state index in [9.17, 15) is 18.0 Å². The number of rotatable bonds is 9. The van der Waals surface area contributed by atoms with E-state index in [0.717, 1.165) is 31.2 Å². The highest BCUT2D eigenvalue weighted by atomic mass is 32.2. The Bertz CT molecular complexity index is 848. The van der Waals surface area contributed by atoms with Crippen molar-refractivity contribution in [2.75, 3.05) is 32.8 Å². The summed E-state index contributed by atoms with van der Waals surface area (Å²) in [6.45, 7) is 2.30. The van der Waals surface area contributed by atoms with E-state index in [4.69, 9.17) is 4.74 Å². The van der Waals surface area contributed by atoms with Gasteiger partial charge in [0.1, 0.15) is 0 Å². The van der Waals surface area contributed by atoms with Gasteiger partial charge < -0.3 is 20.7 Å². The lowest BCUT2D eigenvalue weighted by Crippen LogP contribution is -2.43. The number of nitrogens with zero attached hydrogens (tertiary/aromatic N) is 1. The number of morpholine rings is 1. The Morgan fingerprint density at radius 1 is 1.00 bits per heavy atom. The van der Waals surface area contributed by atoms with Crippen LogP contribution in [-0.4, -0.2) is 63.6 Å². The first-order valence-electron chi connectivity index (χ1n) is 11.4. The van der Waals surface area contributed by atoms with Gasteiger partial charge in [0.2, 0.25) is 15.9 Å². The SMILES string of the molecule is O=C(CCCNC(=O)NC1CCCCC1)NCc1ccc(S(=O)(=O)N2CCOCC2)cc1. The van der Waals surface area contributed by atoms with Crippen LogP contribution in [0.5, 0.6) is 0 Å². The number of amides is 3. The number of sulfonamides is 1. The van der Waals surface area contributed by atoms with Gasteiger partial charge in [-0.1, -0.05) is 31.4 Å². The summed E-state index contributed by atoms with van der Waals surface area (Å²) in [5, 5.41) is 8.63. The molecule has 1 saturated heterocycles. The lowest BCUT2D eigenvalue weighted by Gasteiger charge is -2.26. The standard InChI is InChI=1S/C22H34N4O5S/c27-21(7-4-12-23-22(28)25-19-5-2-1-3-6-19)24-17-18-8-10-20(11-9-18)32(29,30)26-13-15-31-16-14-26/h8-11,19H,1-7,12-17H2,(H,24,27)(H2,23,25,28). The zero-order valence-electron chi connectivity index (χ0n) is 18.5. The van der Waals surface area contributed by atoms with Crippen LogP contribution in [0.4, 0.5) is 4.79 Å². The van der Waals surface area contributed by atoms with Crippen molar-refractivity contribution in [3.05, 3.63) is 29.8 Å². The molecular formula is C22H34N4O5S. The predicted molar refractivity (Wildman–Crippen MR) is 121 cm³/mol. The van der Waals surface area contributed by atoms with Crippen molar-refractivity contribution in [2.45, 2.75) is 62.4 Å². The smallest absolute Gasteiger partial charge is 0.315 e. The highest BCUT2D eigenvalue weighted by Gasteiger charge is 2.26. The number of hydrogen-bond acceptors (Lipinski definition) is 5. The van der Waals surface area contributed by atoms with Crippen molar-refractivity contribution in [1.82, 2.24) is 20.3 Å². The Morgan fingerprint density at radius 3 is 2.38 bits per heavy atom. The molecule has 3 amide bonds. The first-order valence-corrected chi connectivity index (χ1v) is 12.9. The first kappa shape index (κ1) is 24.5. The molecule has 1 heterocycles. The van der Waals surface area contributed by atoms with E-state index in [1.807, 2.05) is 0 Å².